The fourth-order valence-electron chi connectivity index (χ4n) is 3.96. The molecule has 0 atom stereocenters. The number of benzene rings is 1. The summed E-state index contributed by atoms with van der Waals surface area (Å²) in [6.07, 6.45) is 5.49. The lowest BCUT2D eigenvalue weighted by molar-refractivity contribution is 0.0694. The van der Waals surface area contributed by atoms with Gasteiger partial charge in [-0.3, -0.25) is 9.35 Å². The highest BCUT2D eigenvalue weighted by molar-refractivity contribution is 7.85. The minimum atomic E-state index is -3.67. The van der Waals surface area contributed by atoms with Gasteiger partial charge in [-0.25, -0.2) is 9.18 Å². The third-order valence-electron chi connectivity index (χ3n) is 5.38. The number of pyridine rings is 1. The Kier molecular flexibility index (Phi) is 6.68. The standard InChI is InChI=1S/C19H21FN2O4.CH4O3S/c1-26-18-15(10-4-6-21-7-5-10)14(20)8-12-16(18)22(11-2-3-11)9-13(17(12)23)19(24)25;1-5(2,3)4/h8-11,21H,2-7H2,1H3,(H,24,25);1H3,(H,2,3,4). The van der Waals surface area contributed by atoms with Crippen molar-refractivity contribution in [2.75, 3.05) is 26.5 Å². The molecule has 1 saturated carbocycles. The van der Waals surface area contributed by atoms with Crippen LogP contribution in [0.4, 0.5) is 4.39 Å². The molecule has 0 bridgehead atoms. The summed E-state index contributed by atoms with van der Waals surface area (Å²) < 4.78 is 48.3. The summed E-state index contributed by atoms with van der Waals surface area (Å²) in [5.41, 5.74) is 0.0113. The van der Waals surface area contributed by atoms with Crippen molar-refractivity contribution in [2.24, 2.45) is 0 Å². The van der Waals surface area contributed by atoms with E-state index in [-0.39, 0.29) is 22.9 Å². The first kappa shape index (κ1) is 23.2. The van der Waals surface area contributed by atoms with Crippen LogP contribution in [-0.4, -0.2) is 55.1 Å². The van der Waals surface area contributed by atoms with Crippen LogP contribution in [0.1, 0.15) is 53.6 Å². The van der Waals surface area contributed by atoms with Crippen LogP contribution >= 0.6 is 0 Å². The van der Waals surface area contributed by atoms with E-state index in [1.54, 1.807) is 4.57 Å². The molecule has 170 valence electrons. The third-order valence-corrected chi connectivity index (χ3v) is 5.38. The Morgan fingerprint density at radius 3 is 2.32 bits per heavy atom. The molecular formula is C20H25FN2O7S. The second kappa shape index (κ2) is 8.93. The number of nitrogens with one attached hydrogen (secondary N) is 1. The zero-order valence-corrected chi connectivity index (χ0v) is 18.0. The van der Waals surface area contributed by atoms with Crippen molar-refractivity contribution in [3.63, 3.8) is 0 Å². The molecule has 2 aromatic rings. The molecule has 2 heterocycles. The van der Waals surface area contributed by atoms with E-state index in [0.29, 0.717) is 23.1 Å². The maximum atomic E-state index is 15.0. The lowest BCUT2D eigenvalue weighted by atomic mass is 9.88. The van der Waals surface area contributed by atoms with Crippen LogP contribution in [0, 0.1) is 5.82 Å². The zero-order chi connectivity index (χ0) is 22.9. The minimum Gasteiger partial charge on any atom is -0.494 e. The summed E-state index contributed by atoms with van der Waals surface area (Å²) in [7, 11) is -2.19. The van der Waals surface area contributed by atoms with Crippen LogP contribution in [-0.2, 0) is 10.1 Å². The SMILES string of the molecule is COc1c(C2CCNCC2)c(F)cc2c(=O)c(C(=O)O)cn(C3CC3)c12.CS(=O)(=O)O. The average Bonchev–Trinajstić information content (AvgIpc) is 3.52. The number of aromatic carboxylic acids is 1. The first-order valence-electron chi connectivity index (χ1n) is 9.84. The van der Waals surface area contributed by atoms with Crippen LogP contribution in [0.5, 0.6) is 5.75 Å². The maximum Gasteiger partial charge on any atom is 0.341 e. The Bertz CT molecular complexity index is 1160. The third kappa shape index (κ3) is 5.23. The average molecular weight is 456 g/mol. The number of carboxylic acids is 1. The van der Waals surface area contributed by atoms with Gasteiger partial charge in [-0.05, 0) is 50.8 Å². The Balaban J connectivity index is 0.000000491. The smallest absolute Gasteiger partial charge is 0.341 e. The van der Waals surface area contributed by atoms with Crippen LogP contribution < -0.4 is 15.5 Å². The molecule has 1 aromatic carbocycles. The number of rotatable bonds is 4. The number of hydrogen-bond acceptors (Lipinski definition) is 6. The van der Waals surface area contributed by atoms with E-state index < -0.39 is 27.3 Å². The highest BCUT2D eigenvalue weighted by Gasteiger charge is 2.32. The van der Waals surface area contributed by atoms with Gasteiger partial charge in [0.2, 0.25) is 5.43 Å². The van der Waals surface area contributed by atoms with Gasteiger partial charge in [-0.15, -0.1) is 0 Å². The maximum absolute atomic E-state index is 15.0. The molecule has 0 unspecified atom stereocenters. The highest BCUT2D eigenvalue weighted by Crippen LogP contribution is 2.43. The number of methoxy groups -OCH3 is 1. The van der Waals surface area contributed by atoms with E-state index in [1.807, 2.05) is 0 Å². The van der Waals surface area contributed by atoms with Crippen molar-refractivity contribution in [3.8, 4) is 5.75 Å². The summed E-state index contributed by atoms with van der Waals surface area (Å²) in [6.45, 7) is 1.61. The number of carbonyl (C=O) groups is 1. The van der Waals surface area contributed by atoms with Crippen LogP contribution in [0.2, 0.25) is 0 Å². The molecule has 4 rings (SSSR count). The number of piperidine rings is 1. The number of ether oxygens (including phenoxy) is 1. The van der Waals surface area contributed by atoms with Gasteiger partial charge in [0.25, 0.3) is 10.1 Å². The van der Waals surface area contributed by atoms with E-state index in [1.165, 1.54) is 19.4 Å². The lowest BCUT2D eigenvalue weighted by Gasteiger charge is -2.26. The van der Waals surface area contributed by atoms with Gasteiger partial charge in [-0.2, -0.15) is 8.42 Å². The van der Waals surface area contributed by atoms with Crippen molar-refractivity contribution in [1.82, 2.24) is 9.88 Å². The zero-order valence-electron chi connectivity index (χ0n) is 17.2. The molecule has 1 aliphatic heterocycles. The highest BCUT2D eigenvalue weighted by atomic mass is 32.2. The summed E-state index contributed by atoms with van der Waals surface area (Å²) in [4.78, 5) is 24.1. The largest absolute Gasteiger partial charge is 0.494 e. The van der Waals surface area contributed by atoms with Crippen molar-refractivity contribution in [3.05, 3.63) is 39.4 Å². The molecule has 9 nitrogen and oxygen atoms in total. The van der Waals surface area contributed by atoms with E-state index in [0.717, 1.165) is 38.8 Å². The van der Waals surface area contributed by atoms with Gasteiger partial charge < -0.3 is 19.7 Å². The summed E-state index contributed by atoms with van der Waals surface area (Å²) in [6, 6.07) is 1.32. The van der Waals surface area contributed by atoms with Crippen molar-refractivity contribution in [2.45, 2.75) is 37.6 Å². The molecule has 1 saturated heterocycles. The predicted octanol–water partition coefficient (Wildman–Crippen LogP) is 2.15. The van der Waals surface area contributed by atoms with Crippen LogP contribution in [0.25, 0.3) is 10.9 Å². The molecule has 3 N–H and O–H groups in total. The molecule has 0 spiro atoms. The monoisotopic (exact) mass is 456 g/mol. The number of hydrogen-bond donors (Lipinski definition) is 3. The van der Waals surface area contributed by atoms with Gasteiger partial charge in [0.05, 0.1) is 24.3 Å². The van der Waals surface area contributed by atoms with Gasteiger partial charge in [0.15, 0.2) is 0 Å². The van der Waals surface area contributed by atoms with Gasteiger partial charge in [-0.1, -0.05) is 0 Å². The molecule has 31 heavy (non-hydrogen) atoms. The minimum absolute atomic E-state index is 0.0116. The van der Waals surface area contributed by atoms with Gasteiger partial charge in [0, 0.05) is 17.8 Å². The van der Waals surface area contributed by atoms with E-state index in [4.69, 9.17) is 9.29 Å². The first-order valence-corrected chi connectivity index (χ1v) is 11.7. The molecule has 2 aliphatic rings. The Morgan fingerprint density at radius 1 is 1.26 bits per heavy atom. The van der Waals surface area contributed by atoms with Crippen molar-refractivity contribution >= 4 is 27.0 Å². The summed E-state index contributed by atoms with van der Waals surface area (Å²) in [5.74, 6) is -1.42. The second-order valence-electron chi connectivity index (χ2n) is 7.77. The number of halogens is 1. The van der Waals surface area contributed by atoms with Gasteiger partial charge in [0.1, 0.15) is 17.1 Å². The van der Waals surface area contributed by atoms with Crippen molar-refractivity contribution < 1.29 is 32.0 Å². The fourth-order valence-corrected chi connectivity index (χ4v) is 3.96. The number of aromatic nitrogens is 1. The molecule has 11 heteroatoms. The number of carboxylic acid groups (broad SMARTS) is 1. The molecule has 1 aliphatic carbocycles. The Labute approximate surface area is 178 Å². The lowest BCUT2D eigenvalue weighted by Crippen LogP contribution is -2.27. The molecule has 0 amide bonds. The van der Waals surface area contributed by atoms with Crippen molar-refractivity contribution in [1.29, 1.82) is 0 Å². The number of nitrogens with zero attached hydrogens (tertiary/aromatic N) is 1. The second-order valence-corrected chi connectivity index (χ2v) is 9.24. The van der Waals surface area contributed by atoms with Crippen LogP contribution in [0.15, 0.2) is 17.1 Å². The van der Waals surface area contributed by atoms with E-state index in [2.05, 4.69) is 5.32 Å². The summed E-state index contributed by atoms with van der Waals surface area (Å²) >= 11 is 0. The number of fused-ring (bicyclic) bond motifs is 1. The molecule has 1 aromatic heterocycles. The molecular weight excluding hydrogens is 431 g/mol. The summed E-state index contributed by atoms with van der Waals surface area (Å²) in [5, 5.41) is 12.7. The topological polar surface area (TPSA) is 135 Å². The molecule has 0 radical (unpaired) electrons. The molecule has 2 fully saturated rings. The van der Waals surface area contributed by atoms with E-state index in [9.17, 15) is 23.1 Å². The fraction of sp³-hybridized carbons (Fsp3) is 0.500. The quantitative estimate of drug-likeness (QED) is 0.596. The normalized spacial score (nSPS) is 17.2. The van der Waals surface area contributed by atoms with Crippen LogP contribution in [0.3, 0.4) is 0 Å². The Hall–Kier alpha value is -2.50. The predicted molar refractivity (Wildman–Crippen MR) is 112 cm³/mol. The Morgan fingerprint density at radius 2 is 1.84 bits per heavy atom. The van der Waals surface area contributed by atoms with E-state index >= 15 is 4.39 Å². The van der Waals surface area contributed by atoms with Gasteiger partial charge >= 0.3 is 5.97 Å². The first-order chi connectivity index (χ1) is 14.5.